The van der Waals surface area contributed by atoms with Crippen LogP contribution in [0.1, 0.15) is 26.7 Å². The van der Waals surface area contributed by atoms with Gasteiger partial charge in [-0.25, -0.2) is 0 Å². The molecule has 0 saturated heterocycles. The van der Waals surface area contributed by atoms with Gasteiger partial charge in [0.05, 0.1) is 6.07 Å². The highest BCUT2D eigenvalue weighted by Crippen LogP contribution is 2.42. The number of halogens is 2. The van der Waals surface area contributed by atoms with E-state index in [1.807, 2.05) is 6.07 Å². The van der Waals surface area contributed by atoms with Crippen molar-refractivity contribution in [3.05, 3.63) is 18.2 Å². The standard InChI is InChI=1S/C14H14F2N2O3/c1-3-13(4-2,8-17)12(19)18-9-5-6-10-11(7-9)21-14(15,16)20-10/h5-7H,3-4H2,1-2H3,(H,18,19). The van der Waals surface area contributed by atoms with Crippen LogP contribution in [0, 0.1) is 16.7 Å². The van der Waals surface area contributed by atoms with E-state index in [-0.39, 0.29) is 17.2 Å². The molecule has 0 atom stereocenters. The number of nitriles is 1. The summed E-state index contributed by atoms with van der Waals surface area (Å²) in [7, 11) is 0. The van der Waals surface area contributed by atoms with E-state index in [4.69, 9.17) is 0 Å². The second-order valence-electron chi connectivity index (χ2n) is 4.68. The second-order valence-corrected chi connectivity index (χ2v) is 4.68. The Labute approximate surface area is 120 Å². The molecule has 0 saturated carbocycles. The van der Waals surface area contributed by atoms with E-state index in [1.54, 1.807) is 13.8 Å². The summed E-state index contributed by atoms with van der Waals surface area (Å²) < 4.78 is 34.4. The number of rotatable bonds is 4. The van der Waals surface area contributed by atoms with Crippen LogP contribution >= 0.6 is 0 Å². The largest absolute Gasteiger partial charge is 0.586 e. The van der Waals surface area contributed by atoms with Crippen LogP contribution in [0.15, 0.2) is 18.2 Å². The molecule has 1 heterocycles. The second kappa shape index (κ2) is 5.20. The van der Waals surface area contributed by atoms with Crippen LogP contribution in [-0.2, 0) is 4.79 Å². The molecule has 2 rings (SSSR count). The highest BCUT2D eigenvalue weighted by molar-refractivity contribution is 5.97. The van der Waals surface area contributed by atoms with Crippen molar-refractivity contribution < 1.29 is 23.0 Å². The minimum absolute atomic E-state index is 0.101. The summed E-state index contributed by atoms with van der Waals surface area (Å²) in [6, 6.07) is 5.94. The summed E-state index contributed by atoms with van der Waals surface area (Å²) in [6.45, 7) is 3.49. The normalized spacial score (nSPS) is 15.4. The van der Waals surface area contributed by atoms with Gasteiger partial charge in [0.15, 0.2) is 11.5 Å². The van der Waals surface area contributed by atoms with Gasteiger partial charge in [-0.05, 0) is 25.0 Å². The van der Waals surface area contributed by atoms with E-state index < -0.39 is 17.6 Å². The average molecular weight is 296 g/mol. The fourth-order valence-electron chi connectivity index (χ4n) is 2.06. The lowest BCUT2D eigenvalue weighted by atomic mass is 9.83. The van der Waals surface area contributed by atoms with E-state index >= 15 is 0 Å². The summed E-state index contributed by atoms with van der Waals surface area (Å²) in [5, 5.41) is 11.7. The predicted octanol–water partition coefficient (Wildman–Crippen LogP) is 3.28. The van der Waals surface area contributed by atoms with Gasteiger partial charge in [-0.1, -0.05) is 13.8 Å². The molecule has 0 fully saturated rings. The number of hydrogen-bond donors (Lipinski definition) is 1. The molecule has 0 spiro atoms. The Morgan fingerprint density at radius 1 is 1.33 bits per heavy atom. The first kappa shape index (κ1) is 15.0. The SMILES string of the molecule is CCC(C#N)(CC)C(=O)Nc1ccc2c(c1)OC(F)(F)O2. The number of ether oxygens (including phenoxy) is 2. The number of carbonyl (C=O) groups is 1. The molecular formula is C14H14F2N2O3. The smallest absolute Gasteiger partial charge is 0.395 e. The minimum atomic E-state index is -3.70. The number of alkyl halides is 2. The van der Waals surface area contributed by atoms with Crippen molar-refractivity contribution in [2.24, 2.45) is 5.41 Å². The third-order valence-electron chi connectivity index (χ3n) is 3.51. The van der Waals surface area contributed by atoms with Crippen molar-refractivity contribution in [1.29, 1.82) is 5.26 Å². The van der Waals surface area contributed by atoms with Crippen molar-refractivity contribution in [1.82, 2.24) is 0 Å². The zero-order valence-corrected chi connectivity index (χ0v) is 11.6. The van der Waals surface area contributed by atoms with Gasteiger partial charge in [0, 0.05) is 11.8 Å². The Hall–Kier alpha value is -2.36. The Morgan fingerprint density at radius 3 is 2.52 bits per heavy atom. The summed E-state index contributed by atoms with van der Waals surface area (Å²) in [4.78, 5) is 12.2. The van der Waals surface area contributed by atoms with E-state index in [0.29, 0.717) is 12.8 Å². The Kier molecular flexibility index (Phi) is 3.73. The van der Waals surface area contributed by atoms with Gasteiger partial charge in [0.2, 0.25) is 5.91 Å². The third kappa shape index (κ3) is 2.75. The number of benzene rings is 1. The molecule has 0 radical (unpaired) electrons. The maximum absolute atomic E-state index is 12.9. The summed E-state index contributed by atoms with van der Waals surface area (Å²) in [5.74, 6) is -0.732. The van der Waals surface area contributed by atoms with Gasteiger partial charge in [0.1, 0.15) is 5.41 Å². The van der Waals surface area contributed by atoms with Gasteiger partial charge < -0.3 is 14.8 Å². The summed E-state index contributed by atoms with van der Waals surface area (Å²) in [5.41, 5.74) is -0.873. The first-order valence-corrected chi connectivity index (χ1v) is 6.48. The van der Waals surface area contributed by atoms with Crippen LogP contribution in [0.3, 0.4) is 0 Å². The molecule has 7 heteroatoms. The Morgan fingerprint density at radius 2 is 1.95 bits per heavy atom. The number of fused-ring (bicyclic) bond motifs is 1. The zero-order chi connectivity index (χ0) is 15.7. The molecular weight excluding hydrogens is 282 g/mol. The molecule has 1 aliphatic heterocycles. The number of hydrogen-bond acceptors (Lipinski definition) is 4. The fourth-order valence-corrected chi connectivity index (χ4v) is 2.06. The molecule has 1 aromatic carbocycles. The lowest BCUT2D eigenvalue weighted by Gasteiger charge is -2.22. The zero-order valence-electron chi connectivity index (χ0n) is 11.6. The molecule has 112 valence electrons. The van der Waals surface area contributed by atoms with Crippen LogP contribution in [0.5, 0.6) is 11.5 Å². The average Bonchev–Trinajstić information content (AvgIpc) is 2.74. The molecule has 1 aliphatic rings. The lowest BCUT2D eigenvalue weighted by molar-refractivity contribution is -0.286. The molecule has 0 bridgehead atoms. The van der Waals surface area contributed by atoms with Gasteiger partial charge in [0.25, 0.3) is 0 Å². The first-order valence-electron chi connectivity index (χ1n) is 6.48. The number of nitrogens with one attached hydrogen (secondary N) is 1. The van der Waals surface area contributed by atoms with E-state index in [9.17, 15) is 18.8 Å². The monoisotopic (exact) mass is 296 g/mol. The highest BCUT2D eigenvalue weighted by atomic mass is 19.3. The van der Waals surface area contributed by atoms with Crippen molar-refractivity contribution in [2.75, 3.05) is 5.32 Å². The van der Waals surface area contributed by atoms with Crippen LogP contribution < -0.4 is 14.8 Å². The van der Waals surface area contributed by atoms with Gasteiger partial charge in [-0.2, -0.15) is 5.26 Å². The number of anilines is 1. The molecule has 1 amide bonds. The maximum Gasteiger partial charge on any atom is 0.586 e. The van der Waals surface area contributed by atoms with Crippen LogP contribution in [0.4, 0.5) is 14.5 Å². The van der Waals surface area contributed by atoms with Gasteiger partial charge in [-0.15, -0.1) is 8.78 Å². The molecule has 1 aromatic rings. The first-order chi connectivity index (χ1) is 9.85. The van der Waals surface area contributed by atoms with Crippen LogP contribution in [-0.4, -0.2) is 12.2 Å². The topological polar surface area (TPSA) is 71.4 Å². The fraction of sp³-hybridized carbons (Fsp3) is 0.429. The number of carbonyl (C=O) groups excluding carboxylic acids is 1. The van der Waals surface area contributed by atoms with Crippen LogP contribution in [0.25, 0.3) is 0 Å². The molecule has 1 N–H and O–H groups in total. The molecule has 0 aliphatic carbocycles. The molecule has 0 aromatic heterocycles. The quantitative estimate of drug-likeness (QED) is 0.925. The predicted molar refractivity (Wildman–Crippen MR) is 69.9 cm³/mol. The minimum Gasteiger partial charge on any atom is -0.395 e. The van der Waals surface area contributed by atoms with Crippen LogP contribution in [0.2, 0.25) is 0 Å². The van der Waals surface area contributed by atoms with E-state index in [0.717, 1.165) is 0 Å². The number of amides is 1. The highest BCUT2D eigenvalue weighted by Gasteiger charge is 2.43. The Bertz CT molecular complexity index is 607. The van der Waals surface area contributed by atoms with Gasteiger partial charge in [-0.3, -0.25) is 4.79 Å². The summed E-state index contributed by atoms with van der Waals surface area (Å²) in [6.07, 6.45) is -2.99. The Balaban J connectivity index is 2.19. The van der Waals surface area contributed by atoms with Crippen molar-refractivity contribution in [3.8, 4) is 17.6 Å². The molecule has 5 nitrogen and oxygen atoms in total. The van der Waals surface area contributed by atoms with Crippen molar-refractivity contribution >= 4 is 11.6 Å². The van der Waals surface area contributed by atoms with Crippen molar-refractivity contribution in [2.45, 2.75) is 33.0 Å². The van der Waals surface area contributed by atoms with Gasteiger partial charge >= 0.3 is 6.29 Å². The maximum atomic E-state index is 12.9. The molecule has 0 unspecified atom stereocenters. The van der Waals surface area contributed by atoms with E-state index in [2.05, 4.69) is 14.8 Å². The lowest BCUT2D eigenvalue weighted by Crippen LogP contribution is -2.33. The number of nitrogens with zero attached hydrogens (tertiary/aromatic N) is 1. The van der Waals surface area contributed by atoms with E-state index in [1.165, 1.54) is 18.2 Å². The van der Waals surface area contributed by atoms with Crippen molar-refractivity contribution in [3.63, 3.8) is 0 Å². The molecule has 21 heavy (non-hydrogen) atoms. The third-order valence-corrected chi connectivity index (χ3v) is 3.51. The summed E-state index contributed by atoms with van der Waals surface area (Å²) >= 11 is 0.